The Morgan fingerprint density at radius 2 is 1.24 bits per heavy atom. The zero-order valence-electron chi connectivity index (χ0n) is 21.0. The molecule has 9 nitrogen and oxygen atoms in total. The van der Waals surface area contributed by atoms with Gasteiger partial charge in [0, 0.05) is 43.3 Å². The summed E-state index contributed by atoms with van der Waals surface area (Å²) in [6.45, 7) is 9.84. The maximum Gasteiger partial charge on any atom is 0.330 e. The number of ether oxygens (including phenoxy) is 4. The maximum absolute atomic E-state index is 12.8. The molecule has 37 heavy (non-hydrogen) atoms. The van der Waals surface area contributed by atoms with Crippen LogP contribution in [-0.2, 0) is 14.3 Å². The van der Waals surface area contributed by atoms with Crippen molar-refractivity contribution in [3.8, 4) is 11.5 Å². The van der Waals surface area contributed by atoms with Crippen LogP contribution in [0, 0.1) is 0 Å². The van der Waals surface area contributed by atoms with Gasteiger partial charge in [-0.05, 0) is 48.5 Å². The average Bonchev–Trinajstić information content (AvgIpc) is 2.92. The van der Waals surface area contributed by atoms with Crippen LogP contribution in [0.3, 0.4) is 0 Å². The first-order valence-corrected chi connectivity index (χ1v) is 12.0. The first kappa shape index (κ1) is 29.6. The lowest BCUT2D eigenvalue weighted by Gasteiger charge is -2.20. The van der Waals surface area contributed by atoms with Gasteiger partial charge in [0.2, 0.25) is 0 Å². The van der Waals surface area contributed by atoms with Gasteiger partial charge in [-0.15, -0.1) is 0 Å². The standard InChI is InChI=1S/C28H35NO8/c1-3-27(32)37-21-20-36-26-10-6-24(7-11-26)28(33)23-4-8-25(9-5-23)35-19-18-34-22(2)12-13-29(14-16-30)15-17-31/h3-11,30-31H,1-2,12-21H2. The topological polar surface area (TPSA) is 115 Å². The number of hydrogen-bond donors (Lipinski definition) is 2. The van der Waals surface area contributed by atoms with Gasteiger partial charge in [0.05, 0.1) is 19.0 Å². The molecule has 2 aromatic rings. The predicted molar refractivity (Wildman–Crippen MR) is 139 cm³/mol. The molecule has 0 aromatic heterocycles. The van der Waals surface area contributed by atoms with Crippen LogP contribution in [0.25, 0.3) is 0 Å². The number of benzene rings is 2. The SMILES string of the molecule is C=CC(=O)OCCOc1ccc(C(=O)c2ccc(OCCOC(=C)CCN(CCO)CCO)cc2)cc1. The van der Waals surface area contributed by atoms with Gasteiger partial charge < -0.3 is 29.2 Å². The first-order valence-electron chi connectivity index (χ1n) is 12.0. The summed E-state index contributed by atoms with van der Waals surface area (Å²) in [5.74, 6) is 1.15. The van der Waals surface area contributed by atoms with Gasteiger partial charge in [-0.25, -0.2) is 4.79 Å². The average molecular weight is 514 g/mol. The molecule has 2 rings (SSSR count). The van der Waals surface area contributed by atoms with Crippen molar-refractivity contribution in [2.24, 2.45) is 0 Å². The Kier molecular flexibility index (Phi) is 13.5. The smallest absolute Gasteiger partial charge is 0.330 e. The molecule has 0 aliphatic carbocycles. The molecule has 200 valence electrons. The van der Waals surface area contributed by atoms with Crippen molar-refractivity contribution >= 4 is 11.8 Å². The second-order valence-electron chi connectivity index (χ2n) is 7.87. The second kappa shape index (κ2) is 16.9. The first-order chi connectivity index (χ1) is 18.0. The number of rotatable bonds is 19. The summed E-state index contributed by atoms with van der Waals surface area (Å²) in [6.07, 6.45) is 1.68. The number of nitrogens with zero attached hydrogens (tertiary/aromatic N) is 1. The van der Waals surface area contributed by atoms with Crippen LogP contribution in [-0.4, -0.2) is 86.1 Å². The van der Waals surface area contributed by atoms with Crippen molar-refractivity contribution in [1.29, 1.82) is 0 Å². The molecule has 0 saturated carbocycles. The molecule has 0 radical (unpaired) electrons. The summed E-state index contributed by atoms with van der Waals surface area (Å²) in [4.78, 5) is 25.7. The lowest BCUT2D eigenvalue weighted by Crippen LogP contribution is -2.31. The highest BCUT2D eigenvalue weighted by molar-refractivity contribution is 6.09. The van der Waals surface area contributed by atoms with E-state index in [2.05, 4.69) is 13.2 Å². The Balaban J connectivity index is 1.71. The number of carbonyl (C=O) groups is 2. The summed E-state index contributed by atoms with van der Waals surface area (Å²) in [5.41, 5.74) is 1.04. The van der Waals surface area contributed by atoms with Gasteiger partial charge in [0.1, 0.15) is 37.9 Å². The van der Waals surface area contributed by atoms with Crippen molar-refractivity contribution in [1.82, 2.24) is 4.90 Å². The Morgan fingerprint density at radius 1 is 0.757 bits per heavy atom. The third kappa shape index (κ3) is 11.3. The third-order valence-electron chi connectivity index (χ3n) is 5.19. The van der Waals surface area contributed by atoms with E-state index in [-0.39, 0.29) is 32.2 Å². The molecule has 0 atom stereocenters. The number of hydrogen-bond acceptors (Lipinski definition) is 9. The van der Waals surface area contributed by atoms with Crippen LogP contribution < -0.4 is 9.47 Å². The fourth-order valence-corrected chi connectivity index (χ4v) is 3.25. The van der Waals surface area contributed by atoms with E-state index in [0.717, 1.165) is 6.08 Å². The molecule has 0 spiro atoms. The molecule has 0 aliphatic heterocycles. The number of esters is 1. The van der Waals surface area contributed by atoms with Crippen LogP contribution in [0.1, 0.15) is 22.3 Å². The van der Waals surface area contributed by atoms with Crippen molar-refractivity contribution in [3.63, 3.8) is 0 Å². The Hall–Kier alpha value is -3.66. The van der Waals surface area contributed by atoms with E-state index in [1.54, 1.807) is 48.5 Å². The van der Waals surface area contributed by atoms with Crippen LogP contribution in [0.2, 0.25) is 0 Å². The van der Waals surface area contributed by atoms with Crippen molar-refractivity contribution in [2.45, 2.75) is 6.42 Å². The fourth-order valence-electron chi connectivity index (χ4n) is 3.25. The Bertz CT molecular complexity index is 982. The van der Waals surface area contributed by atoms with E-state index in [1.807, 2.05) is 4.90 Å². The second-order valence-corrected chi connectivity index (χ2v) is 7.87. The van der Waals surface area contributed by atoms with Gasteiger partial charge in [0.25, 0.3) is 0 Å². The minimum absolute atomic E-state index is 0.0325. The molecule has 2 aromatic carbocycles. The van der Waals surface area contributed by atoms with Crippen LogP contribution in [0.15, 0.2) is 73.5 Å². The number of carbonyl (C=O) groups excluding carboxylic acids is 2. The van der Waals surface area contributed by atoms with Gasteiger partial charge in [-0.3, -0.25) is 9.69 Å². The highest BCUT2D eigenvalue weighted by Gasteiger charge is 2.10. The summed E-state index contributed by atoms with van der Waals surface area (Å²) in [7, 11) is 0. The third-order valence-corrected chi connectivity index (χ3v) is 5.19. The van der Waals surface area contributed by atoms with Gasteiger partial charge in [0.15, 0.2) is 5.78 Å². The van der Waals surface area contributed by atoms with E-state index < -0.39 is 5.97 Å². The Labute approximate surface area is 217 Å². The van der Waals surface area contributed by atoms with E-state index >= 15 is 0 Å². The summed E-state index contributed by atoms with van der Waals surface area (Å²) < 4.78 is 21.6. The van der Waals surface area contributed by atoms with Gasteiger partial charge in [-0.1, -0.05) is 13.2 Å². The fraction of sp³-hybridized carbons (Fsp3) is 0.357. The molecule has 0 unspecified atom stereocenters. The molecule has 0 saturated heterocycles. The lowest BCUT2D eigenvalue weighted by atomic mass is 10.0. The number of aliphatic hydroxyl groups is 2. The minimum atomic E-state index is -0.506. The number of ketones is 1. The molecular formula is C28H35NO8. The Morgan fingerprint density at radius 3 is 1.70 bits per heavy atom. The maximum atomic E-state index is 12.8. The molecule has 0 fully saturated rings. The van der Waals surface area contributed by atoms with Crippen molar-refractivity contribution in [2.75, 3.05) is 59.3 Å². The molecule has 0 aliphatic rings. The van der Waals surface area contributed by atoms with E-state index in [9.17, 15) is 9.59 Å². The van der Waals surface area contributed by atoms with Crippen LogP contribution in [0.4, 0.5) is 0 Å². The van der Waals surface area contributed by atoms with Gasteiger partial charge in [-0.2, -0.15) is 0 Å². The molecule has 0 heterocycles. The van der Waals surface area contributed by atoms with Gasteiger partial charge >= 0.3 is 5.97 Å². The largest absolute Gasteiger partial charge is 0.495 e. The van der Waals surface area contributed by atoms with Crippen LogP contribution in [0.5, 0.6) is 11.5 Å². The normalized spacial score (nSPS) is 10.6. The summed E-state index contributed by atoms with van der Waals surface area (Å²) in [6, 6.07) is 13.6. The summed E-state index contributed by atoms with van der Waals surface area (Å²) in [5, 5.41) is 18.1. The monoisotopic (exact) mass is 513 g/mol. The van der Waals surface area contributed by atoms with E-state index in [4.69, 9.17) is 29.2 Å². The van der Waals surface area contributed by atoms with Crippen molar-refractivity contribution in [3.05, 3.63) is 84.7 Å². The zero-order chi connectivity index (χ0) is 26.9. The van der Waals surface area contributed by atoms with E-state index in [0.29, 0.717) is 67.7 Å². The van der Waals surface area contributed by atoms with Crippen molar-refractivity contribution < 1.29 is 38.7 Å². The highest BCUT2D eigenvalue weighted by Crippen LogP contribution is 2.18. The lowest BCUT2D eigenvalue weighted by molar-refractivity contribution is -0.138. The zero-order valence-corrected chi connectivity index (χ0v) is 21.0. The number of aliphatic hydroxyl groups excluding tert-OH is 2. The molecule has 0 bridgehead atoms. The molecule has 0 amide bonds. The van der Waals surface area contributed by atoms with E-state index in [1.165, 1.54) is 0 Å². The molecular weight excluding hydrogens is 478 g/mol. The molecule has 2 N–H and O–H groups in total. The minimum Gasteiger partial charge on any atom is -0.495 e. The summed E-state index contributed by atoms with van der Waals surface area (Å²) >= 11 is 0. The predicted octanol–water partition coefficient (Wildman–Crippen LogP) is 2.61. The van der Waals surface area contributed by atoms with Crippen LogP contribution >= 0.6 is 0 Å². The highest BCUT2D eigenvalue weighted by atomic mass is 16.6. The quantitative estimate of drug-likeness (QED) is 0.0962. The molecule has 9 heteroatoms.